The molecule has 1 heterocycles. The van der Waals surface area contributed by atoms with Crippen LogP contribution in [0.25, 0.3) is 0 Å². The lowest BCUT2D eigenvalue weighted by atomic mass is 10.1. The number of carbonyl (C=O) groups excluding carboxylic acids is 2. The molecule has 29 heavy (non-hydrogen) atoms. The van der Waals surface area contributed by atoms with Crippen molar-refractivity contribution in [1.82, 2.24) is 15.5 Å². The van der Waals surface area contributed by atoms with Crippen LogP contribution in [0, 0.1) is 0 Å². The number of rotatable bonds is 8. The van der Waals surface area contributed by atoms with Crippen LogP contribution in [-0.2, 0) is 0 Å². The molecule has 0 unspecified atom stereocenters. The van der Waals surface area contributed by atoms with Crippen LogP contribution in [-0.4, -0.2) is 55.5 Å². The van der Waals surface area contributed by atoms with E-state index < -0.39 is 0 Å². The van der Waals surface area contributed by atoms with Gasteiger partial charge in [0.05, 0.1) is 24.2 Å². The van der Waals surface area contributed by atoms with Crippen LogP contribution in [0.3, 0.4) is 0 Å². The monoisotopic (exact) mass is 508 g/mol. The lowest BCUT2D eigenvalue weighted by molar-refractivity contribution is 0.0659. The fraction of sp³-hybridized carbons (Fsp3) is 0.286. The lowest BCUT2D eigenvalue weighted by Crippen LogP contribution is -2.40. The van der Waals surface area contributed by atoms with Gasteiger partial charge in [0.2, 0.25) is 0 Å². The maximum absolute atomic E-state index is 12.4. The van der Waals surface area contributed by atoms with Gasteiger partial charge in [0, 0.05) is 13.1 Å². The number of hydrogen-bond acceptors (Lipinski definition) is 4. The van der Waals surface area contributed by atoms with E-state index in [0.717, 1.165) is 5.75 Å². The molecule has 2 amide bonds. The number of amides is 2. The zero-order chi connectivity index (χ0) is 19.8. The van der Waals surface area contributed by atoms with Crippen molar-refractivity contribution in [2.24, 2.45) is 4.99 Å². The third-order valence-electron chi connectivity index (χ3n) is 4.22. The standard InChI is InChI=1S/C21H24N4O3.HI/c1-2-22-21(24-13-15-28-16-8-4-3-5-9-16)23-12-14-25-19(26)17-10-6-7-11-18(17)20(25)27;/h3-11H,2,12-15H2,1H3,(H2,22,23,24);1H. The van der Waals surface area contributed by atoms with Crippen LogP contribution < -0.4 is 15.4 Å². The highest BCUT2D eigenvalue weighted by Crippen LogP contribution is 2.21. The number of fused-ring (bicyclic) bond motifs is 1. The first-order valence-electron chi connectivity index (χ1n) is 9.36. The summed E-state index contributed by atoms with van der Waals surface area (Å²) < 4.78 is 5.64. The zero-order valence-corrected chi connectivity index (χ0v) is 18.6. The van der Waals surface area contributed by atoms with Gasteiger partial charge in [0.25, 0.3) is 11.8 Å². The van der Waals surface area contributed by atoms with Crippen LogP contribution in [0.5, 0.6) is 5.75 Å². The Morgan fingerprint density at radius 2 is 1.59 bits per heavy atom. The van der Waals surface area contributed by atoms with Crippen molar-refractivity contribution in [2.75, 3.05) is 32.8 Å². The molecule has 3 rings (SSSR count). The molecule has 2 aromatic rings. The molecule has 1 aliphatic heterocycles. The summed E-state index contributed by atoms with van der Waals surface area (Å²) >= 11 is 0. The molecule has 0 spiro atoms. The average Bonchev–Trinajstić information content (AvgIpc) is 2.97. The predicted octanol–water partition coefficient (Wildman–Crippen LogP) is 2.53. The van der Waals surface area contributed by atoms with Gasteiger partial charge in [-0.2, -0.15) is 0 Å². The van der Waals surface area contributed by atoms with Crippen molar-refractivity contribution in [2.45, 2.75) is 6.92 Å². The summed E-state index contributed by atoms with van der Waals surface area (Å²) in [5, 5.41) is 6.32. The molecule has 2 aromatic carbocycles. The highest BCUT2D eigenvalue weighted by Gasteiger charge is 2.34. The van der Waals surface area contributed by atoms with Gasteiger partial charge in [-0.25, -0.2) is 0 Å². The Hall–Kier alpha value is -2.62. The summed E-state index contributed by atoms with van der Waals surface area (Å²) in [7, 11) is 0. The summed E-state index contributed by atoms with van der Waals surface area (Å²) in [6, 6.07) is 16.5. The number of hydrogen-bond donors (Lipinski definition) is 2. The van der Waals surface area contributed by atoms with Gasteiger partial charge in [-0.1, -0.05) is 30.3 Å². The Bertz CT molecular complexity index is 823. The highest BCUT2D eigenvalue weighted by atomic mass is 127. The normalized spacial score (nSPS) is 13.0. The molecule has 0 atom stereocenters. The summed E-state index contributed by atoms with van der Waals surface area (Å²) in [5.74, 6) is 0.919. The molecule has 8 heteroatoms. The first-order chi connectivity index (χ1) is 13.7. The Morgan fingerprint density at radius 3 is 2.21 bits per heavy atom. The molecule has 0 saturated heterocycles. The van der Waals surface area contributed by atoms with Gasteiger partial charge in [0.1, 0.15) is 12.4 Å². The molecular weight excluding hydrogens is 483 g/mol. The first kappa shape index (κ1) is 22.7. The topological polar surface area (TPSA) is 83.0 Å². The second-order valence-corrected chi connectivity index (χ2v) is 6.16. The van der Waals surface area contributed by atoms with Gasteiger partial charge in [-0.15, -0.1) is 24.0 Å². The number of guanidine groups is 1. The Labute approximate surface area is 187 Å². The van der Waals surface area contributed by atoms with Gasteiger partial charge >= 0.3 is 0 Å². The van der Waals surface area contributed by atoms with E-state index in [4.69, 9.17) is 4.74 Å². The number of benzene rings is 2. The summed E-state index contributed by atoms with van der Waals surface area (Å²) in [6.45, 7) is 4.31. The smallest absolute Gasteiger partial charge is 0.261 e. The molecule has 0 fully saturated rings. The van der Waals surface area contributed by atoms with Gasteiger partial charge < -0.3 is 15.4 Å². The van der Waals surface area contributed by atoms with Gasteiger partial charge in [-0.05, 0) is 31.2 Å². The minimum Gasteiger partial charge on any atom is -0.492 e. The summed E-state index contributed by atoms with van der Waals surface area (Å²) in [4.78, 5) is 30.4. The number of nitrogens with one attached hydrogen (secondary N) is 2. The molecule has 7 nitrogen and oxygen atoms in total. The van der Waals surface area contributed by atoms with E-state index in [0.29, 0.717) is 43.3 Å². The number of nitrogens with zero attached hydrogens (tertiary/aromatic N) is 2. The molecule has 0 aromatic heterocycles. The number of ether oxygens (including phenoxy) is 1. The van der Waals surface area contributed by atoms with Crippen LogP contribution >= 0.6 is 24.0 Å². The Kier molecular flexibility index (Phi) is 8.91. The third-order valence-corrected chi connectivity index (χ3v) is 4.22. The average molecular weight is 508 g/mol. The Morgan fingerprint density at radius 1 is 0.966 bits per heavy atom. The van der Waals surface area contributed by atoms with E-state index in [2.05, 4.69) is 15.6 Å². The van der Waals surface area contributed by atoms with Crippen LogP contribution in [0.4, 0.5) is 0 Å². The van der Waals surface area contributed by atoms with Crippen molar-refractivity contribution >= 4 is 41.8 Å². The minimum atomic E-state index is -0.259. The predicted molar refractivity (Wildman–Crippen MR) is 123 cm³/mol. The number of imide groups is 1. The SMILES string of the molecule is CCNC(=NCCN1C(=O)c2ccccc2C1=O)NCCOc1ccccc1.I. The molecule has 0 aliphatic carbocycles. The van der Waals surface area contributed by atoms with Crippen LogP contribution in [0.2, 0.25) is 0 Å². The maximum atomic E-state index is 12.4. The largest absolute Gasteiger partial charge is 0.492 e. The lowest BCUT2D eigenvalue weighted by Gasteiger charge is -2.14. The van der Waals surface area contributed by atoms with Crippen molar-refractivity contribution in [3.05, 3.63) is 65.7 Å². The van der Waals surface area contributed by atoms with E-state index in [-0.39, 0.29) is 42.3 Å². The Balaban J connectivity index is 0.00000300. The highest BCUT2D eigenvalue weighted by molar-refractivity contribution is 14.0. The van der Waals surface area contributed by atoms with E-state index in [1.54, 1.807) is 24.3 Å². The molecule has 2 N–H and O–H groups in total. The van der Waals surface area contributed by atoms with Crippen molar-refractivity contribution < 1.29 is 14.3 Å². The van der Waals surface area contributed by atoms with Gasteiger partial charge in [-0.3, -0.25) is 19.5 Å². The molecule has 0 saturated carbocycles. The molecule has 0 radical (unpaired) electrons. The van der Waals surface area contributed by atoms with E-state index in [1.807, 2.05) is 37.3 Å². The number of carbonyl (C=O) groups is 2. The maximum Gasteiger partial charge on any atom is 0.261 e. The third kappa shape index (κ3) is 5.93. The second-order valence-electron chi connectivity index (χ2n) is 6.16. The quantitative estimate of drug-likeness (QED) is 0.188. The molecular formula is C21H25IN4O3. The number of aliphatic imine (C=N–C) groups is 1. The first-order valence-corrected chi connectivity index (χ1v) is 9.36. The molecule has 0 bridgehead atoms. The fourth-order valence-corrected chi connectivity index (χ4v) is 2.90. The second kappa shape index (κ2) is 11.4. The summed E-state index contributed by atoms with van der Waals surface area (Å²) in [5.41, 5.74) is 0.916. The summed E-state index contributed by atoms with van der Waals surface area (Å²) in [6.07, 6.45) is 0. The zero-order valence-electron chi connectivity index (χ0n) is 16.3. The van der Waals surface area contributed by atoms with Crippen molar-refractivity contribution in [3.63, 3.8) is 0 Å². The number of para-hydroxylation sites is 1. The van der Waals surface area contributed by atoms with Gasteiger partial charge in [0.15, 0.2) is 5.96 Å². The van der Waals surface area contributed by atoms with Crippen molar-refractivity contribution in [3.8, 4) is 5.75 Å². The minimum absolute atomic E-state index is 0. The molecule has 1 aliphatic rings. The van der Waals surface area contributed by atoms with Crippen LogP contribution in [0.1, 0.15) is 27.6 Å². The van der Waals surface area contributed by atoms with E-state index in [9.17, 15) is 9.59 Å². The number of halogens is 1. The fourth-order valence-electron chi connectivity index (χ4n) is 2.90. The van der Waals surface area contributed by atoms with Crippen molar-refractivity contribution in [1.29, 1.82) is 0 Å². The van der Waals surface area contributed by atoms with E-state index in [1.165, 1.54) is 4.90 Å². The van der Waals surface area contributed by atoms with E-state index >= 15 is 0 Å². The van der Waals surface area contributed by atoms with Crippen LogP contribution in [0.15, 0.2) is 59.6 Å². The molecule has 154 valence electrons.